The highest BCUT2D eigenvalue weighted by atomic mass is 127. The summed E-state index contributed by atoms with van der Waals surface area (Å²) < 4.78 is 12.2. The van der Waals surface area contributed by atoms with Crippen molar-refractivity contribution in [2.75, 3.05) is 39.4 Å². The Bertz CT molecular complexity index is 1830. The molecular formula is C48H70ClI2N7O. The molecule has 0 saturated carbocycles. The summed E-state index contributed by atoms with van der Waals surface area (Å²) in [6, 6.07) is 17.0. The van der Waals surface area contributed by atoms with Crippen LogP contribution < -0.4 is 12.4 Å². The number of nitrogens with zero attached hydrogens (tertiary/aromatic N) is 7. The molecule has 0 atom stereocenters. The summed E-state index contributed by atoms with van der Waals surface area (Å²) in [5, 5.41) is 18.2. The van der Waals surface area contributed by atoms with Gasteiger partial charge in [0, 0.05) is 24.3 Å². The van der Waals surface area contributed by atoms with Gasteiger partial charge in [0.1, 0.15) is 18.8 Å². The van der Waals surface area contributed by atoms with Crippen LogP contribution >= 0.6 is 45.2 Å². The molecule has 1 aliphatic rings. The Balaban J connectivity index is 0.000000337. The van der Waals surface area contributed by atoms with Crippen LogP contribution in [0.3, 0.4) is 0 Å². The van der Waals surface area contributed by atoms with Crippen LogP contribution in [-0.2, 0) is 4.74 Å². The maximum absolute atomic E-state index is 4.94. The highest BCUT2D eigenvalue weighted by Crippen LogP contribution is 2.33. The molecule has 1 aliphatic heterocycles. The number of aromatic nitrogens is 6. The van der Waals surface area contributed by atoms with Crippen molar-refractivity contribution < 1.29 is 21.6 Å². The number of unbranched alkanes of at least 4 members (excludes halogenated alkanes) is 4. The van der Waals surface area contributed by atoms with E-state index in [2.05, 4.69) is 178 Å². The predicted molar refractivity (Wildman–Crippen MR) is 260 cm³/mol. The first-order chi connectivity index (χ1) is 27.9. The minimum atomic E-state index is 0. The van der Waals surface area contributed by atoms with Crippen LogP contribution in [-0.4, -0.2) is 73.9 Å². The quantitative estimate of drug-likeness (QED) is 0.0728. The third kappa shape index (κ3) is 14.1. The maximum atomic E-state index is 4.94. The summed E-state index contributed by atoms with van der Waals surface area (Å²) >= 11 is 4.69. The normalized spacial score (nSPS) is 12.4. The molecule has 6 rings (SSSR count). The number of ether oxygens (including phenoxy) is 1. The number of hydrogen-bond donors (Lipinski definition) is 0. The molecule has 0 amide bonds. The fraction of sp³-hybridized carbons (Fsp3) is 0.542. The van der Waals surface area contributed by atoms with Gasteiger partial charge in [-0.05, 0) is 154 Å². The van der Waals surface area contributed by atoms with Crippen molar-refractivity contribution in [2.24, 2.45) is 0 Å². The fourth-order valence-electron chi connectivity index (χ4n) is 8.16. The van der Waals surface area contributed by atoms with E-state index < -0.39 is 0 Å². The van der Waals surface area contributed by atoms with Crippen LogP contribution in [0.5, 0.6) is 0 Å². The molecule has 0 N–H and O–H groups in total. The van der Waals surface area contributed by atoms with E-state index in [4.69, 9.17) is 4.74 Å². The van der Waals surface area contributed by atoms with Gasteiger partial charge in [0.25, 0.3) is 0 Å². The van der Waals surface area contributed by atoms with Crippen LogP contribution in [0.2, 0.25) is 0 Å². The van der Waals surface area contributed by atoms with E-state index in [0.29, 0.717) is 0 Å². The molecule has 324 valence electrons. The lowest BCUT2D eigenvalue weighted by molar-refractivity contribution is -0.929. The van der Waals surface area contributed by atoms with E-state index in [1.165, 1.54) is 128 Å². The number of hydrogen-bond acceptors (Lipinski definition) is 5. The number of quaternary nitrogens is 1. The van der Waals surface area contributed by atoms with E-state index in [1.54, 1.807) is 0 Å². The fourth-order valence-corrected chi connectivity index (χ4v) is 9.68. The summed E-state index contributed by atoms with van der Waals surface area (Å²) in [6.45, 7) is 29.7. The number of benzene rings is 3. The maximum Gasteiger partial charge on any atom is 0.133 e. The Morgan fingerprint density at radius 2 is 0.898 bits per heavy atom. The third-order valence-electron chi connectivity index (χ3n) is 11.1. The molecule has 1 fully saturated rings. The van der Waals surface area contributed by atoms with E-state index in [9.17, 15) is 0 Å². The summed E-state index contributed by atoms with van der Waals surface area (Å²) in [6.07, 6.45) is 13.6. The Morgan fingerprint density at radius 3 is 1.19 bits per heavy atom. The Kier molecular flexibility index (Phi) is 22.0. The monoisotopic (exact) mass is 1050 g/mol. The summed E-state index contributed by atoms with van der Waals surface area (Å²) in [7, 11) is 0. The molecule has 3 aromatic carbocycles. The molecule has 0 bridgehead atoms. The van der Waals surface area contributed by atoms with Crippen molar-refractivity contribution in [1.82, 2.24) is 30.0 Å². The molecule has 2 aromatic heterocycles. The van der Waals surface area contributed by atoms with Crippen molar-refractivity contribution in [3.8, 4) is 33.9 Å². The topological polar surface area (TPSA) is 70.7 Å². The number of rotatable bonds is 16. The lowest BCUT2D eigenvalue weighted by Gasteiger charge is -2.39. The Labute approximate surface area is 390 Å². The minimum absolute atomic E-state index is 0. The zero-order valence-electron chi connectivity index (χ0n) is 37.6. The first-order valence-corrected chi connectivity index (χ1v) is 24.0. The van der Waals surface area contributed by atoms with Gasteiger partial charge >= 0.3 is 0 Å². The van der Waals surface area contributed by atoms with Crippen molar-refractivity contribution >= 4 is 45.2 Å². The smallest absolute Gasteiger partial charge is 0.133 e. The minimum Gasteiger partial charge on any atom is -1.00 e. The second-order valence-corrected chi connectivity index (χ2v) is 18.4. The van der Waals surface area contributed by atoms with Crippen LogP contribution in [0, 0.1) is 48.9 Å². The first-order valence-electron chi connectivity index (χ1n) is 21.8. The summed E-state index contributed by atoms with van der Waals surface area (Å²) in [4.78, 5) is 0. The third-order valence-corrected chi connectivity index (χ3v) is 13.0. The Hall–Kier alpha value is -2.39. The van der Waals surface area contributed by atoms with Crippen LogP contribution in [0.15, 0.2) is 48.5 Å². The molecule has 59 heavy (non-hydrogen) atoms. The van der Waals surface area contributed by atoms with Gasteiger partial charge in [-0.15, -0.1) is 10.2 Å². The standard InChI is InChI=1S/C28H26I2N6.C16H36N.C4H8O.ClH/c1-15-10-17(3)25(18(4)11-15)35-27(29)23(31-33-35)21-8-7-9-22(14-21)24-28(30)36(34-32-24)26-19(5)12-16(2)13-20(26)6;1-5-9-13-17(14-10-6-2,15-11-7-3)16-12-8-4;1-2-4-5-3-1;/h7-14H,1-6H3;5-16H2,1-4H3;1-4H2;1H/q;+1;;/p-1. The highest BCUT2D eigenvalue weighted by molar-refractivity contribution is 14.1. The van der Waals surface area contributed by atoms with Gasteiger partial charge in [0.05, 0.1) is 37.6 Å². The second kappa shape index (κ2) is 25.5. The molecule has 0 spiro atoms. The van der Waals surface area contributed by atoms with E-state index >= 15 is 0 Å². The summed E-state index contributed by atoms with van der Waals surface area (Å²) in [5.41, 5.74) is 13.1. The molecule has 0 aliphatic carbocycles. The molecule has 11 heteroatoms. The van der Waals surface area contributed by atoms with Crippen LogP contribution in [0.1, 0.15) is 125 Å². The van der Waals surface area contributed by atoms with Gasteiger partial charge in [-0.1, -0.05) is 117 Å². The van der Waals surface area contributed by atoms with Crippen molar-refractivity contribution in [1.29, 1.82) is 0 Å². The average molecular weight is 1050 g/mol. The van der Waals surface area contributed by atoms with Gasteiger partial charge in [0.15, 0.2) is 0 Å². The number of halogens is 3. The molecule has 0 radical (unpaired) electrons. The van der Waals surface area contributed by atoms with Gasteiger partial charge in [0.2, 0.25) is 0 Å². The summed E-state index contributed by atoms with van der Waals surface area (Å²) in [5.74, 6) is 0. The van der Waals surface area contributed by atoms with Crippen molar-refractivity contribution in [2.45, 2.75) is 133 Å². The lowest BCUT2D eigenvalue weighted by atomic mass is 10.0. The largest absolute Gasteiger partial charge is 1.00 e. The first kappa shape index (κ1) is 51.0. The van der Waals surface area contributed by atoms with E-state index in [1.807, 2.05) is 15.4 Å². The van der Waals surface area contributed by atoms with E-state index in [0.717, 1.165) is 54.5 Å². The molecule has 0 unspecified atom stereocenters. The Morgan fingerprint density at radius 1 is 0.559 bits per heavy atom. The van der Waals surface area contributed by atoms with Crippen LogP contribution in [0.25, 0.3) is 33.9 Å². The van der Waals surface area contributed by atoms with Crippen LogP contribution in [0.4, 0.5) is 0 Å². The van der Waals surface area contributed by atoms with Gasteiger partial charge in [-0.25, -0.2) is 9.36 Å². The predicted octanol–water partition coefficient (Wildman–Crippen LogP) is 10.0. The van der Waals surface area contributed by atoms with Crippen molar-refractivity contribution in [3.05, 3.63) is 89.3 Å². The molecule has 5 aromatic rings. The molecule has 3 heterocycles. The zero-order chi connectivity index (χ0) is 42.2. The zero-order valence-corrected chi connectivity index (χ0v) is 42.7. The van der Waals surface area contributed by atoms with Gasteiger partial charge < -0.3 is 21.6 Å². The highest BCUT2D eigenvalue weighted by Gasteiger charge is 2.25. The van der Waals surface area contributed by atoms with Crippen molar-refractivity contribution in [3.63, 3.8) is 0 Å². The lowest BCUT2D eigenvalue weighted by Crippen LogP contribution is -3.00. The number of aryl methyl sites for hydroxylation is 6. The second-order valence-electron chi connectivity index (χ2n) is 16.3. The SMILES string of the molecule is C1CCOC1.CCCC[N+](CCCC)(CCCC)CCCC.Cc1cc(C)c(-n2nnc(-c3cccc(-c4nnn(-c5c(C)cc(C)cc5C)c4I)c3)c2I)c(C)c1.[Cl-]. The molecular weight excluding hydrogens is 980 g/mol. The average Bonchev–Trinajstić information content (AvgIpc) is 3.98. The molecule has 1 saturated heterocycles. The van der Waals surface area contributed by atoms with Gasteiger partial charge in [-0.2, -0.15) is 0 Å². The van der Waals surface area contributed by atoms with Gasteiger partial charge in [-0.3, -0.25) is 0 Å². The van der Waals surface area contributed by atoms with E-state index in [-0.39, 0.29) is 12.4 Å². The molecule has 8 nitrogen and oxygen atoms in total.